The second-order valence-corrected chi connectivity index (χ2v) is 3.99. The molecule has 0 amide bonds. The summed E-state index contributed by atoms with van der Waals surface area (Å²) in [5.41, 5.74) is 1.97. The molecule has 2 aromatic rings. The Morgan fingerprint density at radius 2 is 2.27 bits per heavy atom. The number of rotatable bonds is 2. The van der Waals surface area contributed by atoms with Gasteiger partial charge in [-0.1, -0.05) is 21.1 Å². The van der Waals surface area contributed by atoms with Gasteiger partial charge in [-0.3, -0.25) is 0 Å². The molecular weight excluding hydrogens is 260 g/mol. The SMILES string of the molecule is Cc1cc(-c2noc(CO)n2)ccc1Br. The van der Waals surface area contributed by atoms with Crippen LogP contribution in [0.4, 0.5) is 0 Å². The third kappa shape index (κ3) is 2.08. The minimum Gasteiger partial charge on any atom is -0.387 e. The van der Waals surface area contributed by atoms with Crippen LogP contribution in [0.3, 0.4) is 0 Å². The Labute approximate surface area is 95.1 Å². The van der Waals surface area contributed by atoms with Crippen molar-refractivity contribution in [1.29, 1.82) is 0 Å². The van der Waals surface area contributed by atoms with E-state index in [1.165, 1.54) is 0 Å². The summed E-state index contributed by atoms with van der Waals surface area (Å²) in [6.45, 7) is 1.75. The number of hydrogen-bond acceptors (Lipinski definition) is 4. The normalized spacial score (nSPS) is 10.6. The Kier molecular flexibility index (Phi) is 2.83. The fourth-order valence-corrected chi connectivity index (χ4v) is 1.47. The fourth-order valence-electron chi connectivity index (χ4n) is 1.22. The zero-order valence-corrected chi connectivity index (χ0v) is 9.65. The van der Waals surface area contributed by atoms with Crippen LogP contribution in [-0.4, -0.2) is 15.2 Å². The van der Waals surface area contributed by atoms with Crippen LogP contribution in [0.2, 0.25) is 0 Å². The molecule has 0 bridgehead atoms. The lowest BCUT2D eigenvalue weighted by Gasteiger charge is -1.99. The van der Waals surface area contributed by atoms with E-state index in [9.17, 15) is 0 Å². The summed E-state index contributed by atoms with van der Waals surface area (Å²) in [5.74, 6) is 0.722. The molecule has 4 nitrogen and oxygen atoms in total. The summed E-state index contributed by atoms with van der Waals surface area (Å²) in [5, 5.41) is 12.6. The first-order valence-electron chi connectivity index (χ1n) is 4.40. The van der Waals surface area contributed by atoms with E-state index < -0.39 is 0 Å². The van der Waals surface area contributed by atoms with E-state index in [-0.39, 0.29) is 12.5 Å². The van der Waals surface area contributed by atoms with Crippen molar-refractivity contribution < 1.29 is 9.63 Å². The van der Waals surface area contributed by atoms with Gasteiger partial charge in [0.2, 0.25) is 5.82 Å². The molecule has 0 spiro atoms. The quantitative estimate of drug-likeness (QED) is 0.908. The van der Waals surface area contributed by atoms with Crippen LogP contribution in [0.5, 0.6) is 0 Å². The predicted molar refractivity (Wildman–Crippen MR) is 58.1 cm³/mol. The van der Waals surface area contributed by atoms with Crippen LogP contribution >= 0.6 is 15.9 Å². The maximum absolute atomic E-state index is 8.79. The Hall–Kier alpha value is -1.20. The van der Waals surface area contributed by atoms with Crippen LogP contribution in [0.15, 0.2) is 27.2 Å². The molecule has 1 heterocycles. The first-order valence-corrected chi connectivity index (χ1v) is 5.20. The van der Waals surface area contributed by atoms with Gasteiger partial charge in [0.1, 0.15) is 6.61 Å². The van der Waals surface area contributed by atoms with Crippen molar-refractivity contribution in [2.45, 2.75) is 13.5 Å². The molecule has 2 rings (SSSR count). The smallest absolute Gasteiger partial charge is 0.252 e. The van der Waals surface area contributed by atoms with E-state index in [2.05, 4.69) is 26.1 Å². The molecule has 5 heteroatoms. The molecule has 0 saturated carbocycles. The molecule has 0 saturated heterocycles. The summed E-state index contributed by atoms with van der Waals surface area (Å²) in [4.78, 5) is 4.03. The molecule has 0 unspecified atom stereocenters. The second-order valence-electron chi connectivity index (χ2n) is 3.13. The van der Waals surface area contributed by atoms with Gasteiger partial charge in [-0.25, -0.2) is 0 Å². The first kappa shape index (κ1) is 10.3. The number of halogens is 1. The minimum atomic E-state index is -0.234. The van der Waals surface area contributed by atoms with Gasteiger partial charge in [-0.05, 0) is 30.7 Å². The van der Waals surface area contributed by atoms with Gasteiger partial charge in [-0.2, -0.15) is 4.98 Å². The van der Waals surface area contributed by atoms with Gasteiger partial charge in [0.15, 0.2) is 0 Å². The molecule has 0 radical (unpaired) electrons. The topological polar surface area (TPSA) is 59.2 Å². The molecule has 0 aliphatic carbocycles. The van der Waals surface area contributed by atoms with Crippen LogP contribution in [0.1, 0.15) is 11.5 Å². The van der Waals surface area contributed by atoms with Crippen molar-refractivity contribution in [1.82, 2.24) is 10.1 Å². The van der Waals surface area contributed by atoms with E-state index in [0.717, 1.165) is 15.6 Å². The zero-order valence-electron chi connectivity index (χ0n) is 8.07. The monoisotopic (exact) mass is 268 g/mol. The summed E-state index contributed by atoms with van der Waals surface area (Å²) < 4.78 is 5.85. The molecule has 1 N–H and O–H groups in total. The molecule has 0 atom stereocenters. The van der Waals surface area contributed by atoms with Gasteiger partial charge in [0.25, 0.3) is 5.89 Å². The number of aliphatic hydroxyl groups excluding tert-OH is 1. The highest BCUT2D eigenvalue weighted by molar-refractivity contribution is 9.10. The molecule has 1 aromatic carbocycles. The number of hydrogen-bond donors (Lipinski definition) is 1. The standard InChI is InChI=1S/C10H9BrN2O2/c1-6-4-7(2-3-8(6)11)10-12-9(5-14)15-13-10/h2-4,14H,5H2,1H3. The molecule has 0 aliphatic heterocycles. The van der Waals surface area contributed by atoms with Crippen molar-refractivity contribution in [3.63, 3.8) is 0 Å². The molecule has 0 aliphatic rings. The highest BCUT2D eigenvalue weighted by atomic mass is 79.9. The Morgan fingerprint density at radius 1 is 1.47 bits per heavy atom. The number of aryl methyl sites for hydroxylation is 1. The Balaban J connectivity index is 2.40. The van der Waals surface area contributed by atoms with Gasteiger partial charge in [0.05, 0.1) is 0 Å². The van der Waals surface area contributed by atoms with Crippen molar-refractivity contribution in [2.24, 2.45) is 0 Å². The number of nitrogens with zero attached hydrogens (tertiary/aromatic N) is 2. The molecule has 78 valence electrons. The summed E-state index contributed by atoms with van der Waals surface area (Å²) >= 11 is 3.42. The predicted octanol–water partition coefficient (Wildman–Crippen LogP) is 2.30. The maximum atomic E-state index is 8.79. The lowest BCUT2D eigenvalue weighted by molar-refractivity contribution is 0.222. The third-order valence-electron chi connectivity index (χ3n) is 2.02. The van der Waals surface area contributed by atoms with Gasteiger partial charge in [0, 0.05) is 10.0 Å². The zero-order chi connectivity index (χ0) is 10.8. The summed E-state index contributed by atoms with van der Waals surface area (Å²) in [6, 6.07) is 5.78. The van der Waals surface area contributed by atoms with Crippen molar-refractivity contribution in [3.8, 4) is 11.4 Å². The molecule has 1 aromatic heterocycles. The van der Waals surface area contributed by atoms with Crippen molar-refractivity contribution >= 4 is 15.9 Å². The van der Waals surface area contributed by atoms with E-state index in [0.29, 0.717) is 5.82 Å². The average Bonchev–Trinajstić information content (AvgIpc) is 2.70. The maximum Gasteiger partial charge on any atom is 0.252 e. The lowest BCUT2D eigenvalue weighted by Crippen LogP contribution is -1.85. The Morgan fingerprint density at radius 3 is 2.87 bits per heavy atom. The van der Waals surface area contributed by atoms with E-state index in [1.54, 1.807) is 0 Å². The lowest BCUT2D eigenvalue weighted by atomic mass is 10.1. The van der Waals surface area contributed by atoms with Crippen molar-refractivity contribution in [3.05, 3.63) is 34.1 Å². The van der Waals surface area contributed by atoms with E-state index >= 15 is 0 Å². The van der Waals surface area contributed by atoms with Gasteiger partial charge < -0.3 is 9.63 Å². The highest BCUT2D eigenvalue weighted by Crippen LogP contribution is 2.22. The molecule has 15 heavy (non-hydrogen) atoms. The van der Waals surface area contributed by atoms with Crippen LogP contribution in [-0.2, 0) is 6.61 Å². The summed E-state index contributed by atoms with van der Waals surface area (Å²) in [7, 11) is 0. The molecular formula is C10H9BrN2O2. The number of aliphatic hydroxyl groups is 1. The van der Waals surface area contributed by atoms with Crippen molar-refractivity contribution in [2.75, 3.05) is 0 Å². The minimum absolute atomic E-state index is 0.227. The molecule has 0 fully saturated rings. The van der Waals surface area contributed by atoms with Crippen LogP contribution in [0.25, 0.3) is 11.4 Å². The largest absolute Gasteiger partial charge is 0.387 e. The van der Waals surface area contributed by atoms with E-state index in [1.807, 2.05) is 25.1 Å². The van der Waals surface area contributed by atoms with E-state index in [4.69, 9.17) is 9.63 Å². The number of benzene rings is 1. The van der Waals surface area contributed by atoms with Crippen LogP contribution in [0, 0.1) is 6.92 Å². The van der Waals surface area contributed by atoms with Gasteiger partial charge >= 0.3 is 0 Å². The average molecular weight is 269 g/mol. The van der Waals surface area contributed by atoms with Crippen LogP contribution < -0.4 is 0 Å². The highest BCUT2D eigenvalue weighted by Gasteiger charge is 2.08. The number of aromatic nitrogens is 2. The fraction of sp³-hybridized carbons (Fsp3) is 0.200. The first-order chi connectivity index (χ1) is 7.20. The second kappa shape index (κ2) is 4.12. The van der Waals surface area contributed by atoms with Gasteiger partial charge in [-0.15, -0.1) is 0 Å². The summed E-state index contributed by atoms with van der Waals surface area (Å²) in [6.07, 6.45) is 0. The third-order valence-corrected chi connectivity index (χ3v) is 2.91. The Bertz CT molecular complexity index is 482.